The molecule has 0 aliphatic carbocycles. The molecule has 0 aromatic heterocycles. The SMILES string of the molecule is CC(=O)N(CCN)C(=O)NCOc1ccc(C)cc1C(C)(C)C. The summed E-state index contributed by atoms with van der Waals surface area (Å²) in [5.74, 6) is 0.371. The summed E-state index contributed by atoms with van der Waals surface area (Å²) in [6.45, 7) is 10.0. The van der Waals surface area contributed by atoms with E-state index in [1.54, 1.807) is 0 Å². The Bertz CT molecular complexity index is 565. The zero-order valence-corrected chi connectivity index (χ0v) is 14.6. The van der Waals surface area contributed by atoms with E-state index in [9.17, 15) is 9.59 Å². The van der Waals surface area contributed by atoms with Crippen LogP contribution in [0.3, 0.4) is 0 Å². The molecular formula is C17H27N3O3. The minimum absolute atomic E-state index is 0.0146. The van der Waals surface area contributed by atoms with Crippen LogP contribution in [-0.4, -0.2) is 36.7 Å². The van der Waals surface area contributed by atoms with Gasteiger partial charge in [0.15, 0.2) is 6.73 Å². The largest absolute Gasteiger partial charge is 0.473 e. The second-order valence-corrected chi connectivity index (χ2v) is 6.48. The van der Waals surface area contributed by atoms with Crippen LogP contribution in [0.2, 0.25) is 0 Å². The molecule has 0 unspecified atom stereocenters. The molecule has 0 atom stereocenters. The van der Waals surface area contributed by atoms with Gasteiger partial charge in [-0.15, -0.1) is 0 Å². The number of urea groups is 1. The van der Waals surface area contributed by atoms with Gasteiger partial charge in [0, 0.05) is 20.0 Å². The van der Waals surface area contributed by atoms with E-state index in [0.29, 0.717) is 0 Å². The van der Waals surface area contributed by atoms with Crippen molar-refractivity contribution in [1.29, 1.82) is 0 Å². The first-order valence-corrected chi connectivity index (χ1v) is 7.66. The summed E-state index contributed by atoms with van der Waals surface area (Å²) in [5, 5.41) is 2.58. The average Bonchev–Trinajstić information content (AvgIpc) is 2.44. The molecular weight excluding hydrogens is 294 g/mol. The molecule has 0 radical (unpaired) electrons. The van der Waals surface area contributed by atoms with Crippen LogP contribution >= 0.6 is 0 Å². The van der Waals surface area contributed by atoms with Crippen LogP contribution in [0, 0.1) is 6.92 Å². The molecule has 0 saturated heterocycles. The Hall–Kier alpha value is -2.08. The fourth-order valence-electron chi connectivity index (χ4n) is 2.16. The van der Waals surface area contributed by atoms with Crippen molar-refractivity contribution in [3.8, 4) is 5.75 Å². The molecule has 23 heavy (non-hydrogen) atoms. The number of nitrogens with two attached hydrogens (primary N) is 1. The van der Waals surface area contributed by atoms with Crippen LogP contribution in [0.5, 0.6) is 5.75 Å². The van der Waals surface area contributed by atoms with Gasteiger partial charge in [0.2, 0.25) is 5.91 Å². The second-order valence-electron chi connectivity index (χ2n) is 6.48. The van der Waals surface area contributed by atoms with Crippen LogP contribution in [0.4, 0.5) is 4.79 Å². The Balaban J connectivity index is 2.73. The third-order valence-corrected chi connectivity index (χ3v) is 3.37. The smallest absolute Gasteiger partial charge is 0.326 e. The van der Waals surface area contributed by atoms with Crippen LogP contribution in [0.25, 0.3) is 0 Å². The third kappa shape index (κ3) is 5.56. The van der Waals surface area contributed by atoms with Gasteiger partial charge in [0.1, 0.15) is 5.75 Å². The normalized spacial score (nSPS) is 11.0. The number of aryl methyl sites for hydroxylation is 1. The van der Waals surface area contributed by atoms with E-state index in [2.05, 4.69) is 32.2 Å². The average molecular weight is 321 g/mol. The highest BCUT2D eigenvalue weighted by molar-refractivity contribution is 5.93. The van der Waals surface area contributed by atoms with E-state index in [0.717, 1.165) is 21.8 Å². The van der Waals surface area contributed by atoms with Gasteiger partial charge in [0.25, 0.3) is 0 Å². The zero-order chi connectivity index (χ0) is 17.6. The van der Waals surface area contributed by atoms with Crippen molar-refractivity contribution in [2.24, 2.45) is 5.73 Å². The molecule has 0 fully saturated rings. The highest BCUT2D eigenvalue weighted by Gasteiger charge is 2.20. The van der Waals surface area contributed by atoms with E-state index >= 15 is 0 Å². The van der Waals surface area contributed by atoms with Crippen molar-refractivity contribution in [3.63, 3.8) is 0 Å². The topological polar surface area (TPSA) is 84.7 Å². The number of nitrogens with zero attached hydrogens (tertiary/aromatic N) is 1. The van der Waals surface area contributed by atoms with Crippen molar-refractivity contribution < 1.29 is 14.3 Å². The molecule has 0 bridgehead atoms. The number of hydrogen-bond acceptors (Lipinski definition) is 4. The lowest BCUT2D eigenvalue weighted by Gasteiger charge is -2.24. The maximum absolute atomic E-state index is 12.0. The highest BCUT2D eigenvalue weighted by atomic mass is 16.5. The van der Waals surface area contributed by atoms with Gasteiger partial charge in [-0.2, -0.15) is 0 Å². The van der Waals surface area contributed by atoms with Gasteiger partial charge in [-0.3, -0.25) is 9.69 Å². The van der Waals surface area contributed by atoms with Crippen LogP contribution in [0.1, 0.15) is 38.8 Å². The summed E-state index contributed by atoms with van der Waals surface area (Å²) in [6, 6.07) is 5.42. The lowest BCUT2D eigenvalue weighted by atomic mass is 9.85. The molecule has 3 N–H and O–H groups in total. The van der Waals surface area contributed by atoms with Gasteiger partial charge < -0.3 is 15.8 Å². The lowest BCUT2D eigenvalue weighted by Crippen LogP contribution is -2.46. The summed E-state index contributed by atoms with van der Waals surface area (Å²) in [7, 11) is 0. The van der Waals surface area contributed by atoms with E-state index in [4.69, 9.17) is 10.5 Å². The summed E-state index contributed by atoms with van der Waals surface area (Å²) in [5.41, 5.74) is 7.55. The first kappa shape index (κ1) is 19.0. The molecule has 6 nitrogen and oxygen atoms in total. The number of rotatable bonds is 5. The van der Waals surface area contributed by atoms with E-state index in [-0.39, 0.29) is 31.1 Å². The summed E-state index contributed by atoms with van der Waals surface area (Å²) < 4.78 is 5.70. The molecule has 1 aromatic carbocycles. The summed E-state index contributed by atoms with van der Waals surface area (Å²) in [4.78, 5) is 24.4. The van der Waals surface area contributed by atoms with Crippen LogP contribution in [0.15, 0.2) is 18.2 Å². The number of nitrogens with one attached hydrogen (secondary N) is 1. The number of imide groups is 1. The molecule has 0 aliphatic rings. The van der Waals surface area contributed by atoms with Gasteiger partial charge in [-0.1, -0.05) is 38.5 Å². The Morgan fingerprint density at radius 3 is 2.48 bits per heavy atom. The Labute approximate surface area is 138 Å². The fourth-order valence-corrected chi connectivity index (χ4v) is 2.16. The van der Waals surface area contributed by atoms with Crippen molar-refractivity contribution in [1.82, 2.24) is 10.2 Å². The van der Waals surface area contributed by atoms with E-state index in [1.165, 1.54) is 6.92 Å². The number of benzene rings is 1. The second kappa shape index (κ2) is 7.97. The first-order valence-electron chi connectivity index (χ1n) is 7.66. The summed E-state index contributed by atoms with van der Waals surface area (Å²) in [6.07, 6.45) is 0. The predicted octanol–water partition coefficient (Wildman–Crippen LogP) is 2.15. The number of hydrogen-bond donors (Lipinski definition) is 2. The molecule has 128 valence electrons. The van der Waals surface area contributed by atoms with Gasteiger partial charge in [-0.25, -0.2) is 4.79 Å². The molecule has 1 rings (SSSR count). The molecule has 3 amide bonds. The van der Waals surface area contributed by atoms with Gasteiger partial charge in [0.05, 0.1) is 0 Å². The molecule has 0 saturated carbocycles. The molecule has 1 aromatic rings. The number of ether oxygens (including phenoxy) is 1. The maximum Gasteiger partial charge on any atom is 0.326 e. The number of carbonyl (C=O) groups is 2. The molecule has 6 heteroatoms. The van der Waals surface area contributed by atoms with Gasteiger partial charge in [-0.05, 0) is 24.0 Å². The predicted molar refractivity (Wildman–Crippen MR) is 90.3 cm³/mol. The van der Waals surface area contributed by atoms with Gasteiger partial charge >= 0.3 is 6.03 Å². The Morgan fingerprint density at radius 2 is 1.96 bits per heavy atom. The van der Waals surface area contributed by atoms with Crippen LogP contribution < -0.4 is 15.8 Å². The minimum Gasteiger partial charge on any atom is -0.473 e. The minimum atomic E-state index is -0.507. The molecule has 0 spiro atoms. The highest BCUT2D eigenvalue weighted by Crippen LogP contribution is 2.31. The number of carbonyl (C=O) groups excluding carboxylic acids is 2. The Kier molecular flexibility index (Phi) is 6.57. The van der Waals surface area contributed by atoms with E-state index < -0.39 is 6.03 Å². The van der Waals surface area contributed by atoms with E-state index in [1.807, 2.05) is 19.1 Å². The standard InChI is InChI=1S/C17H27N3O3/c1-12-6-7-15(14(10-12)17(3,4)5)23-11-19-16(22)20(9-8-18)13(2)21/h6-7,10H,8-9,11,18H2,1-5H3,(H,19,22). The first-order chi connectivity index (χ1) is 10.7. The van der Waals surface area contributed by atoms with Crippen molar-refractivity contribution in [3.05, 3.63) is 29.3 Å². The maximum atomic E-state index is 12.0. The van der Waals surface area contributed by atoms with Crippen molar-refractivity contribution in [2.45, 2.75) is 40.0 Å². The van der Waals surface area contributed by atoms with Crippen molar-refractivity contribution >= 4 is 11.9 Å². The lowest BCUT2D eigenvalue weighted by molar-refractivity contribution is -0.125. The number of amides is 3. The molecule has 0 heterocycles. The molecule has 0 aliphatic heterocycles. The quantitative estimate of drug-likeness (QED) is 0.814. The van der Waals surface area contributed by atoms with Crippen LogP contribution in [-0.2, 0) is 10.2 Å². The third-order valence-electron chi connectivity index (χ3n) is 3.37. The van der Waals surface area contributed by atoms with Crippen molar-refractivity contribution in [2.75, 3.05) is 19.8 Å². The fraction of sp³-hybridized carbons (Fsp3) is 0.529. The Morgan fingerprint density at radius 1 is 1.30 bits per heavy atom. The monoisotopic (exact) mass is 321 g/mol. The summed E-state index contributed by atoms with van der Waals surface area (Å²) >= 11 is 0. The zero-order valence-electron chi connectivity index (χ0n) is 14.6.